The van der Waals surface area contributed by atoms with Gasteiger partial charge in [-0.05, 0) is 38.0 Å². The van der Waals surface area contributed by atoms with E-state index in [9.17, 15) is 9.59 Å². The van der Waals surface area contributed by atoms with Crippen LogP contribution < -0.4 is 14.2 Å². The molecule has 0 aromatic heterocycles. The quantitative estimate of drug-likeness (QED) is 0.633. The SMILES string of the molecule is CCOC(=O)C(C)N(C)C(=O)CCc1cc(OC)c(OC)c(OC)c1. The van der Waals surface area contributed by atoms with Crippen molar-refractivity contribution in [3.05, 3.63) is 17.7 Å². The van der Waals surface area contributed by atoms with Crippen LogP contribution in [0.5, 0.6) is 17.2 Å². The van der Waals surface area contributed by atoms with E-state index in [0.29, 0.717) is 23.7 Å². The first kappa shape index (κ1) is 20.6. The molecular formula is C18H27NO6. The number of carbonyl (C=O) groups is 2. The molecule has 0 aliphatic carbocycles. The molecule has 0 bridgehead atoms. The largest absolute Gasteiger partial charge is 0.493 e. The maximum Gasteiger partial charge on any atom is 0.328 e. The maximum atomic E-state index is 12.3. The second-order valence-corrected chi connectivity index (χ2v) is 5.47. The zero-order valence-electron chi connectivity index (χ0n) is 15.8. The number of hydrogen-bond acceptors (Lipinski definition) is 6. The number of likely N-dealkylation sites (N-methyl/N-ethyl adjacent to an activating group) is 1. The number of nitrogens with zero attached hydrogens (tertiary/aromatic N) is 1. The smallest absolute Gasteiger partial charge is 0.328 e. The minimum Gasteiger partial charge on any atom is -0.493 e. The number of rotatable bonds is 9. The molecular weight excluding hydrogens is 326 g/mol. The van der Waals surface area contributed by atoms with Gasteiger partial charge in [0.15, 0.2) is 11.5 Å². The molecule has 1 aromatic carbocycles. The molecule has 0 radical (unpaired) electrons. The molecule has 0 aliphatic heterocycles. The summed E-state index contributed by atoms with van der Waals surface area (Å²) in [7, 11) is 6.22. The third-order valence-electron chi connectivity index (χ3n) is 3.95. The highest BCUT2D eigenvalue weighted by Crippen LogP contribution is 2.38. The Bertz CT molecular complexity index is 576. The van der Waals surface area contributed by atoms with E-state index in [4.69, 9.17) is 18.9 Å². The monoisotopic (exact) mass is 353 g/mol. The van der Waals surface area contributed by atoms with Gasteiger partial charge in [0.1, 0.15) is 6.04 Å². The van der Waals surface area contributed by atoms with E-state index in [-0.39, 0.29) is 18.9 Å². The number of methoxy groups -OCH3 is 3. The Morgan fingerprint density at radius 2 is 1.64 bits per heavy atom. The van der Waals surface area contributed by atoms with Gasteiger partial charge in [-0.1, -0.05) is 0 Å². The number of benzene rings is 1. The van der Waals surface area contributed by atoms with E-state index in [0.717, 1.165) is 5.56 Å². The van der Waals surface area contributed by atoms with Crippen molar-refractivity contribution in [1.82, 2.24) is 4.90 Å². The molecule has 25 heavy (non-hydrogen) atoms. The first-order valence-electron chi connectivity index (χ1n) is 8.10. The number of aryl methyl sites for hydroxylation is 1. The molecule has 0 saturated carbocycles. The Morgan fingerprint density at radius 1 is 1.08 bits per heavy atom. The third-order valence-corrected chi connectivity index (χ3v) is 3.95. The van der Waals surface area contributed by atoms with Crippen LogP contribution in [0.1, 0.15) is 25.8 Å². The average molecular weight is 353 g/mol. The Labute approximate surface area is 148 Å². The summed E-state index contributed by atoms with van der Waals surface area (Å²) in [5.41, 5.74) is 0.875. The van der Waals surface area contributed by atoms with Crippen molar-refractivity contribution in [2.75, 3.05) is 35.0 Å². The highest BCUT2D eigenvalue weighted by atomic mass is 16.5. The molecule has 7 nitrogen and oxygen atoms in total. The van der Waals surface area contributed by atoms with Gasteiger partial charge in [-0.2, -0.15) is 0 Å². The van der Waals surface area contributed by atoms with E-state index in [2.05, 4.69) is 0 Å². The average Bonchev–Trinajstić information content (AvgIpc) is 2.63. The predicted molar refractivity (Wildman–Crippen MR) is 93.3 cm³/mol. The summed E-state index contributed by atoms with van der Waals surface area (Å²) in [4.78, 5) is 25.5. The zero-order valence-corrected chi connectivity index (χ0v) is 15.8. The van der Waals surface area contributed by atoms with Gasteiger partial charge in [0, 0.05) is 13.5 Å². The van der Waals surface area contributed by atoms with Gasteiger partial charge in [0.05, 0.1) is 27.9 Å². The second-order valence-electron chi connectivity index (χ2n) is 5.47. The molecule has 0 spiro atoms. The van der Waals surface area contributed by atoms with Crippen LogP contribution >= 0.6 is 0 Å². The summed E-state index contributed by atoms with van der Waals surface area (Å²) in [6.07, 6.45) is 0.730. The van der Waals surface area contributed by atoms with Gasteiger partial charge in [-0.25, -0.2) is 4.79 Å². The molecule has 7 heteroatoms. The number of hydrogen-bond donors (Lipinski definition) is 0. The molecule has 1 atom stereocenters. The second kappa shape index (κ2) is 9.76. The van der Waals surface area contributed by atoms with Gasteiger partial charge in [0.2, 0.25) is 11.7 Å². The lowest BCUT2D eigenvalue weighted by Crippen LogP contribution is -2.41. The first-order valence-corrected chi connectivity index (χ1v) is 8.10. The molecule has 0 N–H and O–H groups in total. The summed E-state index contributed by atoms with van der Waals surface area (Å²) in [6.45, 7) is 3.67. The van der Waals surface area contributed by atoms with Crippen LogP contribution in [-0.4, -0.2) is 57.8 Å². The van der Waals surface area contributed by atoms with Gasteiger partial charge in [0.25, 0.3) is 0 Å². The van der Waals surface area contributed by atoms with E-state index in [1.54, 1.807) is 35.1 Å². The summed E-state index contributed by atoms with van der Waals surface area (Å²) in [6, 6.07) is 3.00. The standard InChI is InChI=1S/C18H27NO6/c1-7-25-18(21)12(2)19(3)16(20)9-8-13-10-14(22-4)17(24-6)15(11-13)23-5/h10-12H,7-9H2,1-6H3. The third kappa shape index (κ3) is 5.27. The van der Waals surface area contributed by atoms with Crippen LogP contribution in [0, 0.1) is 0 Å². The molecule has 1 amide bonds. The van der Waals surface area contributed by atoms with E-state index in [1.807, 2.05) is 12.1 Å². The van der Waals surface area contributed by atoms with Crippen LogP contribution in [0.2, 0.25) is 0 Å². The minimum atomic E-state index is -0.618. The van der Waals surface area contributed by atoms with Crippen molar-refractivity contribution in [3.63, 3.8) is 0 Å². The van der Waals surface area contributed by atoms with Crippen molar-refractivity contribution in [2.24, 2.45) is 0 Å². The zero-order chi connectivity index (χ0) is 19.0. The van der Waals surface area contributed by atoms with Crippen LogP contribution in [-0.2, 0) is 20.7 Å². The Morgan fingerprint density at radius 3 is 2.08 bits per heavy atom. The van der Waals surface area contributed by atoms with Crippen molar-refractivity contribution in [1.29, 1.82) is 0 Å². The van der Waals surface area contributed by atoms with E-state index >= 15 is 0 Å². The van der Waals surface area contributed by atoms with Crippen molar-refractivity contribution in [3.8, 4) is 17.2 Å². The van der Waals surface area contributed by atoms with Crippen molar-refractivity contribution in [2.45, 2.75) is 32.7 Å². The minimum absolute atomic E-state index is 0.144. The van der Waals surface area contributed by atoms with Crippen molar-refractivity contribution < 1.29 is 28.5 Å². The number of esters is 1. The fraction of sp³-hybridized carbons (Fsp3) is 0.556. The first-order chi connectivity index (χ1) is 11.9. The molecule has 0 heterocycles. The molecule has 140 valence electrons. The molecule has 0 saturated heterocycles. The Balaban J connectivity index is 2.80. The summed E-state index contributed by atoms with van der Waals surface area (Å²) >= 11 is 0. The van der Waals surface area contributed by atoms with Gasteiger partial charge < -0.3 is 23.8 Å². The lowest BCUT2D eigenvalue weighted by atomic mass is 10.1. The topological polar surface area (TPSA) is 74.3 Å². The predicted octanol–water partition coefficient (Wildman–Crippen LogP) is 2.05. The lowest BCUT2D eigenvalue weighted by molar-refractivity contribution is -0.153. The van der Waals surface area contributed by atoms with Crippen LogP contribution in [0.15, 0.2) is 12.1 Å². The number of amides is 1. The molecule has 1 unspecified atom stereocenters. The summed E-state index contributed by atoms with van der Waals surface area (Å²) < 4.78 is 20.8. The lowest BCUT2D eigenvalue weighted by Gasteiger charge is -2.23. The molecule has 1 aromatic rings. The molecule has 0 fully saturated rings. The van der Waals surface area contributed by atoms with E-state index < -0.39 is 12.0 Å². The Hall–Kier alpha value is -2.44. The van der Waals surface area contributed by atoms with Crippen LogP contribution in [0.4, 0.5) is 0 Å². The summed E-state index contributed by atoms with van der Waals surface area (Å²) in [5.74, 6) is 1.03. The van der Waals surface area contributed by atoms with Gasteiger partial charge in [-0.3, -0.25) is 4.79 Å². The van der Waals surface area contributed by atoms with Gasteiger partial charge in [-0.15, -0.1) is 0 Å². The van der Waals surface area contributed by atoms with Crippen LogP contribution in [0.25, 0.3) is 0 Å². The highest BCUT2D eigenvalue weighted by Gasteiger charge is 2.23. The number of ether oxygens (including phenoxy) is 4. The fourth-order valence-electron chi connectivity index (χ4n) is 2.34. The van der Waals surface area contributed by atoms with E-state index in [1.165, 1.54) is 12.0 Å². The maximum absolute atomic E-state index is 12.3. The normalized spacial score (nSPS) is 11.4. The number of carbonyl (C=O) groups excluding carboxylic acids is 2. The molecule has 1 rings (SSSR count). The summed E-state index contributed by atoms with van der Waals surface area (Å²) in [5, 5.41) is 0. The van der Waals surface area contributed by atoms with Crippen molar-refractivity contribution >= 4 is 11.9 Å². The van der Waals surface area contributed by atoms with Gasteiger partial charge >= 0.3 is 5.97 Å². The molecule has 0 aliphatic rings. The van der Waals surface area contributed by atoms with Crippen LogP contribution in [0.3, 0.4) is 0 Å². The fourth-order valence-corrected chi connectivity index (χ4v) is 2.34. The highest BCUT2D eigenvalue weighted by molar-refractivity contribution is 5.84. The Kier molecular flexibility index (Phi) is 8.04.